The van der Waals surface area contributed by atoms with Crippen LogP contribution in [0.3, 0.4) is 0 Å². The largest absolute Gasteiger partial charge is 0.354 e. The van der Waals surface area contributed by atoms with Crippen molar-refractivity contribution in [3.05, 3.63) is 35.9 Å². The first-order chi connectivity index (χ1) is 12.5. The molecule has 142 valence electrons. The second-order valence-corrected chi connectivity index (χ2v) is 7.23. The molecular formula is C18H30N8. The van der Waals surface area contributed by atoms with E-state index in [4.69, 9.17) is 0 Å². The Balaban J connectivity index is 1.61. The molecule has 0 bridgehead atoms. The van der Waals surface area contributed by atoms with Gasteiger partial charge in [-0.05, 0) is 26.1 Å². The predicted molar refractivity (Wildman–Crippen MR) is 103 cm³/mol. The maximum Gasteiger partial charge on any atom is 0.193 e. The molecule has 0 aliphatic carbocycles. The molecule has 8 nitrogen and oxygen atoms in total. The molecule has 1 aliphatic rings. The van der Waals surface area contributed by atoms with E-state index in [1.54, 1.807) is 0 Å². The number of aromatic nitrogens is 4. The smallest absolute Gasteiger partial charge is 0.193 e. The Morgan fingerprint density at radius 1 is 1.27 bits per heavy atom. The van der Waals surface area contributed by atoms with E-state index in [1.807, 2.05) is 42.9 Å². The minimum absolute atomic E-state index is 0.247. The number of rotatable bonds is 5. The van der Waals surface area contributed by atoms with Gasteiger partial charge < -0.3 is 15.1 Å². The lowest BCUT2D eigenvalue weighted by Crippen LogP contribution is -2.43. The molecule has 0 radical (unpaired) electrons. The van der Waals surface area contributed by atoms with E-state index >= 15 is 0 Å². The third-order valence-electron chi connectivity index (χ3n) is 5.08. The average molecular weight is 358 g/mol. The highest BCUT2D eigenvalue weighted by atomic mass is 15.3. The molecule has 26 heavy (non-hydrogen) atoms. The Morgan fingerprint density at radius 2 is 2.00 bits per heavy atom. The van der Waals surface area contributed by atoms with Crippen LogP contribution in [-0.2, 0) is 14.1 Å². The monoisotopic (exact) mass is 358 g/mol. The van der Waals surface area contributed by atoms with Crippen LogP contribution in [-0.4, -0.2) is 76.1 Å². The molecular weight excluding hydrogens is 328 g/mol. The maximum absolute atomic E-state index is 4.50. The number of hydrogen-bond acceptors (Lipinski definition) is 4. The summed E-state index contributed by atoms with van der Waals surface area (Å²) in [6, 6.07) is 0.247. The fourth-order valence-electron chi connectivity index (χ4n) is 3.61. The average Bonchev–Trinajstić information content (AvgIpc) is 3.32. The minimum Gasteiger partial charge on any atom is -0.354 e. The molecule has 1 fully saturated rings. The van der Waals surface area contributed by atoms with Crippen molar-refractivity contribution in [2.75, 3.05) is 40.8 Å². The normalized spacial score (nSPS) is 19.4. The lowest BCUT2D eigenvalue weighted by Gasteiger charge is -2.27. The van der Waals surface area contributed by atoms with Crippen molar-refractivity contribution in [1.82, 2.24) is 34.7 Å². The van der Waals surface area contributed by atoms with E-state index in [2.05, 4.69) is 56.8 Å². The van der Waals surface area contributed by atoms with Gasteiger partial charge in [0.15, 0.2) is 5.96 Å². The van der Waals surface area contributed by atoms with Crippen LogP contribution in [0.2, 0.25) is 0 Å². The van der Waals surface area contributed by atoms with Crippen LogP contribution in [0.15, 0.2) is 29.8 Å². The van der Waals surface area contributed by atoms with Crippen molar-refractivity contribution in [2.24, 2.45) is 19.1 Å². The molecule has 2 atom stereocenters. The number of aliphatic imine (C=N–C) groups is 1. The number of nitrogens with one attached hydrogen (secondary N) is 1. The van der Waals surface area contributed by atoms with Gasteiger partial charge in [-0.1, -0.05) is 0 Å². The van der Waals surface area contributed by atoms with Crippen LogP contribution < -0.4 is 5.32 Å². The van der Waals surface area contributed by atoms with Gasteiger partial charge in [0, 0.05) is 64.7 Å². The first-order valence-electron chi connectivity index (χ1n) is 9.07. The number of likely N-dealkylation sites (N-methyl/N-ethyl adjacent to an activating group) is 1. The summed E-state index contributed by atoms with van der Waals surface area (Å²) in [6.07, 6.45) is 9.24. The zero-order valence-corrected chi connectivity index (χ0v) is 16.4. The molecule has 1 aliphatic heterocycles. The number of likely N-dealkylation sites (tertiary alicyclic amines) is 1. The van der Waals surface area contributed by atoms with Crippen LogP contribution in [0.4, 0.5) is 0 Å². The van der Waals surface area contributed by atoms with Gasteiger partial charge in [-0.25, -0.2) is 0 Å². The molecule has 0 saturated carbocycles. The number of hydrogen-bond donors (Lipinski definition) is 1. The summed E-state index contributed by atoms with van der Waals surface area (Å²) in [5, 5.41) is 12.2. The van der Waals surface area contributed by atoms with Crippen molar-refractivity contribution in [1.29, 1.82) is 0 Å². The molecule has 0 amide bonds. The van der Waals surface area contributed by atoms with Crippen LogP contribution in [0.5, 0.6) is 0 Å². The van der Waals surface area contributed by atoms with Gasteiger partial charge >= 0.3 is 0 Å². The standard InChI is InChI=1S/C18H30N8/c1-19-18(20-10-17(23(2)3)16-9-22-25(5)12-16)26-7-6-14(13-26)15-8-21-24(4)11-15/h8-9,11-12,14,17H,6-7,10,13H2,1-5H3,(H,19,20). The van der Waals surface area contributed by atoms with E-state index in [1.165, 1.54) is 11.1 Å². The predicted octanol–water partition coefficient (Wildman–Crippen LogP) is 0.821. The van der Waals surface area contributed by atoms with Crippen LogP contribution >= 0.6 is 0 Å². The summed E-state index contributed by atoms with van der Waals surface area (Å²) in [5.41, 5.74) is 2.52. The molecule has 8 heteroatoms. The van der Waals surface area contributed by atoms with Gasteiger partial charge in [0.1, 0.15) is 0 Å². The van der Waals surface area contributed by atoms with Crippen molar-refractivity contribution in [3.8, 4) is 0 Å². The quantitative estimate of drug-likeness (QED) is 0.633. The van der Waals surface area contributed by atoms with Gasteiger partial charge in [-0.15, -0.1) is 0 Å². The molecule has 3 heterocycles. The summed E-state index contributed by atoms with van der Waals surface area (Å²) in [7, 11) is 9.96. The Bertz CT molecular complexity index is 744. The lowest BCUT2D eigenvalue weighted by molar-refractivity contribution is 0.295. The zero-order valence-electron chi connectivity index (χ0n) is 16.4. The molecule has 2 aromatic rings. The first kappa shape index (κ1) is 18.4. The molecule has 1 saturated heterocycles. The Kier molecular flexibility index (Phi) is 5.61. The van der Waals surface area contributed by atoms with Crippen LogP contribution in [0.1, 0.15) is 29.5 Å². The van der Waals surface area contributed by atoms with Crippen molar-refractivity contribution in [2.45, 2.75) is 18.4 Å². The molecule has 2 unspecified atom stereocenters. The molecule has 0 spiro atoms. The lowest BCUT2D eigenvalue weighted by atomic mass is 10.0. The van der Waals surface area contributed by atoms with E-state index in [9.17, 15) is 0 Å². The maximum atomic E-state index is 4.50. The van der Waals surface area contributed by atoms with Gasteiger partial charge in [-0.3, -0.25) is 14.4 Å². The SMILES string of the molecule is CN=C(NCC(c1cnn(C)c1)N(C)C)N1CCC(c2cnn(C)c2)C1. The van der Waals surface area contributed by atoms with Crippen molar-refractivity contribution < 1.29 is 0 Å². The van der Waals surface area contributed by atoms with Crippen molar-refractivity contribution >= 4 is 5.96 Å². The van der Waals surface area contributed by atoms with Gasteiger partial charge in [0.05, 0.1) is 18.4 Å². The highest BCUT2D eigenvalue weighted by molar-refractivity contribution is 5.80. The summed E-state index contributed by atoms with van der Waals surface area (Å²) in [5.74, 6) is 1.48. The fourth-order valence-corrected chi connectivity index (χ4v) is 3.61. The Morgan fingerprint density at radius 3 is 2.58 bits per heavy atom. The summed E-state index contributed by atoms with van der Waals surface area (Å²) in [4.78, 5) is 9.05. The third-order valence-corrected chi connectivity index (χ3v) is 5.08. The van der Waals surface area contributed by atoms with E-state index < -0.39 is 0 Å². The summed E-state index contributed by atoms with van der Waals surface area (Å²) >= 11 is 0. The minimum atomic E-state index is 0.247. The number of nitrogens with zero attached hydrogens (tertiary/aromatic N) is 7. The van der Waals surface area contributed by atoms with Crippen LogP contribution in [0, 0.1) is 0 Å². The zero-order chi connectivity index (χ0) is 18.7. The second-order valence-electron chi connectivity index (χ2n) is 7.23. The van der Waals surface area contributed by atoms with Gasteiger partial charge in [-0.2, -0.15) is 10.2 Å². The first-order valence-corrected chi connectivity index (χ1v) is 9.07. The highest BCUT2D eigenvalue weighted by Crippen LogP contribution is 2.26. The molecule has 3 rings (SSSR count). The number of guanidine groups is 1. The van der Waals surface area contributed by atoms with Crippen LogP contribution in [0.25, 0.3) is 0 Å². The fraction of sp³-hybridized carbons (Fsp3) is 0.611. The van der Waals surface area contributed by atoms with Gasteiger partial charge in [0.2, 0.25) is 0 Å². The third kappa shape index (κ3) is 4.07. The number of aryl methyl sites for hydroxylation is 2. The molecule has 2 aromatic heterocycles. The topological polar surface area (TPSA) is 66.5 Å². The summed E-state index contributed by atoms with van der Waals surface area (Å²) < 4.78 is 3.72. The van der Waals surface area contributed by atoms with Gasteiger partial charge in [0.25, 0.3) is 0 Å². The second kappa shape index (κ2) is 7.90. The summed E-state index contributed by atoms with van der Waals surface area (Å²) in [6.45, 7) is 2.78. The highest BCUT2D eigenvalue weighted by Gasteiger charge is 2.27. The van der Waals surface area contributed by atoms with E-state index in [0.29, 0.717) is 5.92 Å². The Labute approximate surface area is 155 Å². The van der Waals surface area contributed by atoms with Crippen molar-refractivity contribution in [3.63, 3.8) is 0 Å². The Hall–Kier alpha value is -2.35. The molecule has 0 aromatic carbocycles. The molecule has 1 N–H and O–H groups in total. The van der Waals surface area contributed by atoms with E-state index in [0.717, 1.165) is 32.0 Å². The van der Waals surface area contributed by atoms with E-state index in [-0.39, 0.29) is 6.04 Å².